The molecule has 0 atom stereocenters. The Hall–Kier alpha value is -1.86. The van der Waals surface area contributed by atoms with Gasteiger partial charge in [-0.05, 0) is 18.2 Å². The third-order valence-corrected chi connectivity index (χ3v) is 2.56. The highest BCUT2D eigenvalue weighted by molar-refractivity contribution is 7.80. The van der Waals surface area contributed by atoms with E-state index in [0.29, 0.717) is 11.3 Å². The monoisotopic (exact) mass is 245 g/mol. The first-order valence-corrected chi connectivity index (χ1v) is 5.68. The second-order valence-electron chi connectivity index (χ2n) is 3.41. The maximum absolute atomic E-state index is 11.5. The van der Waals surface area contributed by atoms with Crippen molar-refractivity contribution in [1.82, 2.24) is 4.98 Å². The number of fused-ring (bicyclic) bond motifs is 1. The zero-order valence-corrected chi connectivity index (χ0v) is 10.2. The van der Waals surface area contributed by atoms with Crippen molar-refractivity contribution in [2.75, 3.05) is 12.9 Å². The van der Waals surface area contributed by atoms with Crippen molar-refractivity contribution >= 4 is 29.5 Å². The summed E-state index contributed by atoms with van der Waals surface area (Å²) in [6.45, 7) is 0. The van der Waals surface area contributed by atoms with Crippen LogP contribution in [0.4, 0.5) is 0 Å². The first kappa shape index (κ1) is 11.6. The summed E-state index contributed by atoms with van der Waals surface area (Å²) in [6.07, 6.45) is 1.65. The number of esters is 1. The van der Waals surface area contributed by atoms with Gasteiger partial charge in [-0.15, -0.1) is 0 Å². The van der Waals surface area contributed by atoms with Gasteiger partial charge in [0.1, 0.15) is 0 Å². The van der Waals surface area contributed by atoms with Gasteiger partial charge in [0.15, 0.2) is 0 Å². The van der Waals surface area contributed by atoms with Crippen LogP contribution < -0.4 is 0 Å². The van der Waals surface area contributed by atoms with Gasteiger partial charge in [0.2, 0.25) is 0 Å². The van der Waals surface area contributed by atoms with Crippen molar-refractivity contribution in [3.8, 4) is 11.8 Å². The Morgan fingerprint density at radius 1 is 1.53 bits per heavy atom. The molecule has 1 aromatic heterocycles. The summed E-state index contributed by atoms with van der Waals surface area (Å²) in [6, 6.07) is 5.66. The smallest absolute Gasteiger partial charge is 0.340 e. The number of aromatic amines is 1. The van der Waals surface area contributed by atoms with E-state index in [2.05, 4.69) is 29.5 Å². The highest BCUT2D eigenvalue weighted by atomic mass is 32.1. The molecule has 0 unspecified atom stereocenters. The predicted molar refractivity (Wildman–Crippen MR) is 70.4 cm³/mol. The summed E-state index contributed by atoms with van der Waals surface area (Å²) in [7, 11) is 1.37. The summed E-state index contributed by atoms with van der Waals surface area (Å²) in [5, 5.41) is 0.822. The van der Waals surface area contributed by atoms with E-state index in [0.717, 1.165) is 16.5 Å². The number of H-pyrrole nitrogens is 1. The molecule has 0 radical (unpaired) electrons. The minimum absolute atomic E-state index is 0.351. The van der Waals surface area contributed by atoms with Crippen LogP contribution in [-0.4, -0.2) is 23.8 Å². The molecule has 1 aromatic carbocycles. The minimum atomic E-state index is -0.351. The van der Waals surface area contributed by atoms with Gasteiger partial charge < -0.3 is 9.72 Å². The van der Waals surface area contributed by atoms with Crippen molar-refractivity contribution in [3.63, 3.8) is 0 Å². The average molecular weight is 245 g/mol. The molecule has 0 aliphatic heterocycles. The van der Waals surface area contributed by atoms with Crippen LogP contribution in [0.1, 0.15) is 15.9 Å². The van der Waals surface area contributed by atoms with Crippen molar-refractivity contribution < 1.29 is 9.53 Å². The number of hydrogen-bond donors (Lipinski definition) is 2. The van der Waals surface area contributed by atoms with Gasteiger partial charge in [0.05, 0.1) is 18.4 Å². The second kappa shape index (κ2) is 4.98. The maximum Gasteiger partial charge on any atom is 0.340 e. The van der Waals surface area contributed by atoms with E-state index >= 15 is 0 Å². The zero-order chi connectivity index (χ0) is 12.3. The highest BCUT2D eigenvalue weighted by Gasteiger charge is 2.11. The number of benzene rings is 1. The molecule has 0 aliphatic carbocycles. The molecule has 0 fully saturated rings. The van der Waals surface area contributed by atoms with Crippen LogP contribution in [0, 0.1) is 11.8 Å². The van der Waals surface area contributed by atoms with Gasteiger partial charge in [0.25, 0.3) is 0 Å². The molecular weight excluding hydrogens is 234 g/mol. The lowest BCUT2D eigenvalue weighted by Gasteiger charge is -1.97. The number of carbonyl (C=O) groups excluding carboxylic acids is 1. The highest BCUT2D eigenvalue weighted by Crippen LogP contribution is 2.20. The van der Waals surface area contributed by atoms with Crippen LogP contribution in [0.5, 0.6) is 0 Å². The van der Waals surface area contributed by atoms with Gasteiger partial charge >= 0.3 is 5.97 Å². The topological polar surface area (TPSA) is 42.1 Å². The van der Waals surface area contributed by atoms with Crippen molar-refractivity contribution in [2.24, 2.45) is 0 Å². The first-order chi connectivity index (χ1) is 8.26. The Balaban J connectivity index is 2.54. The summed E-state index contributed by atoms with van der Waals surface area (Å²) in [5.74, 6) is 6.00. The van der Waals surface area contributed by atoms with Crippen molar-refractivity contribution in [2.45, 2.75) is 0 Å². The molecule has 0 aliphatic rings. The fourth-order valence-electron chi connectivity index (χ4n) is 1.62. The lowest BCUT2D eigenvalue weighted by atomic mass is 10.1. The van der Waals surface area contributed by atoms with Gasteiger partial charge in [-0.1, -0.05) is 11.8 Å². The van der Waals surface area contributed by atoms with Crippen molar-refractivity contribution in [1.29, 1.82) is 0 Å². The molecule has 2 aromatic rings. The van der Waals surface area contributed by atoms with Gasteiger partial charge in [0, 0.05) is 22.7 Å². The van der Waals surface area contributed by atoms with E-state index < -0.39 is 0 Å². The second-order valence-corrected chi connectivity index (χ2v) is 3.73. The first-order valence-electron chi connectivity index (χ1n) is 5.05. The molecule has 86 valence electrons. The molecule has 17 heavy (non-hydrogen) atoms. The normalized spacial score (nSPS) is 9.76. The quantitative estimate of drug-likeness (QED) is 0.459. The third kappa shape index (κ3) is 2.29. The number of ether oxygens (including phenoxy) is 1. The molecule has 0 amide bonds. The number of methoxy groups -OCH3 is 1. The van der Waals surface area contributed by atoms with Crippen LogP contribution in [0.2, 0.25) is 0 Å². The summed E-state index contributed by atoms with van der Waals surface area (Å²) < 4.78 is 4.72. The molecule has 1 heterocycles. The molecule has 0 bridgehead atoms. The number of nitrogens with one attached hydrogen (secondary N) is 1. The lowest BCUT2D eigenvalue weighted by molar-refractivity contribution is 0.0603. The molecule has 1 N–H and O–H groups in total. The lowest BCUT2D eigenvalue weighted by Crippen LogP contribution is -1.99. The molecule has 0 saturated heterocycles. The van der Waals surface area contributed by atoms with E-state index in [1.807, 2.05) is 18.2 Å². The number of aromatic nitrogens is 1. The molecule has 4 heteroatoms. The Morgan fingerprint density at radius 2 is 2.35 bits per heavy atom. The summed E-state index contributed by atoms with van der Waals surface area (Å²) >= 11 is 4.03. The maximum atomic E-state index is 11.5. The van der Waals surface area contributed by atoms with Gasteiger partial charge in [-0.2, -0.15) is 12.6 Å². The number of hydrogen-bond acceptors (Lipinski definition) is 3. The third-order valence-electron chi connectivity index (χ3n) is 2.40. The molecule has 0 saturated carbocycles. The molecule has 0 spiro atoms. The molecular formula is C13H11NO2S. The Labute approximate surface area is 105 Å². The van der Waals surface area contributed by atoms with Gasteiger partial charge in [-0.3, -0.25) is 0 Å². The average Bonchev–Trinajstić information content (AvgIpc) is 2.78. The van der Waals surface area contributed by atoms with Crippen LogP contribution >= 0.6 is 12.6 Å². The largest absolute Gasteiger partial charge is 0.465 e. The molecule has 2 rings (SSSR count). The Morgan fingerprint density at radius 3 is 3.06 bits per heavy atom. The standard InChI is InChI=1S/C13H11NO2S/c1-16-13(15)11-8-14-12-5-4-9(3-2-6-17)7-10(11)12/h4-5,7-8,14,17H,6H2,1H3. The van der Waals surface area contributed by atoms with E-state index in [-0.39, 0.29) is 5.97 Å². The number of rotatable bonds is 1. The minimum Gasteiger partial charge on any atom is -0.465 e. The Bertz CT molecular complexity index is 619. The number of carbonyl (C=O) groups is 1. The summed E-state index contributed by atoms with van der Waals surface area (Å²) in [4.78, 5) is 14.5. The van der Waals surface area contributed by atoms with Crippen molar-refractivity contribution in [3.05, 3.63) is 35.5 Å². The van der Waals surface area contributed by atoms with Gasteiger partial charge in [-0.25, -0.2) is 4.79 Å². The number of thiol groups is 1. The van der Waals surface area contributed by atoms with Crippen LogP contribution in [-0.2, 0) is 4.74 Å². The molecule has 3 nitrogen and oxygen atoms in total. The van der Waals surface area contributed by atoms with Crippen LogP contribution in [0.15, 0.2) is 24.4 Å². The SMILES string of the molecule is COC(=O)c1c[nH]c2ccc(C#CCS)cc12. The van der Waals surface area contributed by atoms with E-state index in [1.165, 1.54) is 7.11 Å². The van der Waals surface area contributed by atoms with E-state index in [4.69, 9.17) is 4.74 Å². The van der Waals surface area contributed by atoms with Crippen LogP contribution in [0.3, 0.4) is 0 Å². The summed E-state index contributed by atoms with van der Waals surface area (Å²) in [5.41, 5.74) is 2.27. The fraction of sp³-hybridized carbons (Fsp3) is 0.154. The fourth-order valence-corrected chi connectivity index (χ4v) is 1.70. The Kier molecular flexibility index (Phi) is 3.40. The van der Waals surface area contributed by atoms with Crippen LogP contribution in [0.25, 0.3) is 10.9 Å². The predicted octanol–water partition coefficient (Wildman–Crippen LogP) is 2.24. The zero-order valence-electron chi connectivity index (χ0n) is 9.28. The van der Waals surface area contributed by atoms with E-state index in [9.17, 15) is 4.79 Å². The van der Waals surface area contributed by atoms with E-state index in [1.54, 1.807) is 6.20 Å².